The van der Waals surface area contributed by atoms with Crippen LogP contribution in [0.2, 0.25) is 0 Å². The quantitative estimate of drug-likeness (QED) is 0.841. The maximum atomic E-state index is 3.79. The third-order valence-electron chi connectivity index (χ3n) is 6.58. The first-order chi connectivity index (χ1) is 10.1. The third kappa shape index (κ3) is 3.64. The van der Waals surface area contributed by atoms with E-state index in [0.29, 0.717) is 5.41 Å². The zero-order valence-electron chi connectivity index (χ0n) is 14.5. The summed E-state index contributed by atoms with van der Waals surface area (Å²) in [6, 6.07) is 1.71. The Bertz CT molecular complexity index is 338. The number of hydrogen-bond donors (Lipinski definition) is 1. The molecule has 2 heteroatoms. The molecule has 21 heavy (non-hydrogen) atoms. The van der Waals surface area contributed by atoms with Crippen LogP contribution in [0.15, 0.2) is 0 Å². The van der Waals surface area contributed by atoms with Gasteiger partial charge in [0.1, 0.15) is 0 Å². The molecule has 2 saturated carbocycles. The molecule has 1 saturated heterocycles. The van der Waals surface area contributed by atoms with Gasteiger partial charge in [-0.05, 0) is 68.9 Å². The molecule has 1 N–H and O–H groups in total. The number of rotatable bonds is 4. The van der Waals surface area contributed by atoms with Gasteiger partial charge in [-0.25, -0.2) is 0 Å². The van der Waals surface area contributed by atoms with Crippen LogP contribution in [0, 0.1) is 17.3 Å². The van der Waals surface area contributed by atoms with E-state index < -0.39 is 0 Å². The van der Waals surface area contributed by atoms with Gasteiger partial charge in [0.05, 0.1) is 0 Å². The zero-order chi connectivity index (χ0) is 14.9. The van der Waals surface area contributed by atoms with Crippen LogP contribution in [0.5, 0.6) is 0 Å². The van der Waals surface area contributed by atoms with Gasteiger partial charge in [0.15, 0.2) is 0 Å². The van der Waals surface area contributed by atoms with E-state index in [1.165, 1.54) is 64.5 Å². The number of fused-ring (bicyclic) bond motifs is 1. The van der Waals surface area contributed by atoms with Gasteiger partial charge in [0, 0.05) is 18.6 Å². The molecule has 0 aromatic heterocycles. The molecular formula is C19H36N2. The standard InChI is InChI=1S/C19H36N2/c1-4-20-17-9-11-19(2,3)13-16(17)14-21-12-10-15-7-5-6-8-18(15)21/h15-18,20H,4-14H2,1-3H3. The van der Waals surface area contributed by atoms with Crippen molar-refractivity contribution in [3.63, 3.8) is 0 Å². The SMILES string of the molecule is CCNC1CCC(C)(C)CC1CN1CCC2CCCCC21. The van der Waals surface area contributed by atoms with Crippen LogP contribution in [0.3, 0.4) is 0 Å². The van der Waals surface area contributed by atoms with Crippen LogP contribution >= 0.6 is 0 Å². The number of nitrogens with zero attached hydrogens (tertiary/aromatic N) is 1. The zero-order valence-corrected chi connectivity index (χ0v) is 14.5. The van der Waals surface area contributed by atoms with Crippen LogP contribution in [-0.2, 0) is 0 Å². The van der Waals surface area contributed by atoms with Gasteiger partial charge in [0.2, 0.25) is 0 Å². The van der Waals surface area contributed by atoms with Crippen molar-refractivity contribution < 1.29 is 0 Å². The molecule has 122 valence electrons. The highest BCUT2D eigenvalue weighted by Gasteiger charge is 2.40. The summed E-state index contributed by atoms with van der Waals surface area (Å²) in [7, 11) is 0. The molecule has 0 radical (unpaired) electrons. The normalized spacial score (nSPS) is 40.1. The second kappa shape index (κ2) is 6.58. The molecule has 1 heterocycles. The Labute approximate surface area is 132 Å². The van der Waals surface area contributed by atoms with Gasteiger partial charge in [-0.15, -0.1) is 0 Å². The summed E-state index contributed by atoms with van der Waals surface area (Å²) in [6.07, 6.45) is 11.6. The van der Waals surface area contributed by atoms with E-state index in [1.54, 1.807) is 0 Å². The lowest BCUT2D eigenvalue weighted by atomic mass is 9.69. The predicted molar refractivity (Wildman–Crippen MR) is 90.5 cm³/mol. The fourth-order valence-corrected chi connectivity index (χ4v) is 5.49. The second-order valence-corrected chi connectivity index (χ2v) is 8.73. The minimum absolute atomic E-state index is 0.558. The van der Waals surface area contributed by atoms with Crippen molar-refractivity contribution in [2.24, 2.45) is 17.3 Å². The maximum absolute atomic E-state index is 3.79. The van der Waals surface area contributed by atoms with Gasteiger partial charge < -0.3 is 5.32 Å². The van der Waals surface area contributed by atoms with Crippen LogP contribution in [-0.4, -0.2) is 36.6 Å². The van der Waals surface area contributed by atoms with Crippen LogP contribution in [0.25, 0.3) is 0 Å². The molecule has 0 aromatic rings. The third-order valence-corrected chi connectivity index (χ3v) is 6.58. The summed E-state index contributed by atoms with van der Waals surface area (Å²) >= 11 is 0. The Morgan fingerprint density at radius 3 is 2.71 bits per heavy atom. The fraction of sp³-hybridized carbons (Fsp3) is 1.00. The molecule has 3 fully saturated rings. The highest BCUT2D eigenvalue weighted by atomic mass is 15.2. The topological polar surface area (TPSA) is 15.3 Å². The first-order valence-corrected chi connectivity index (χ1v) is 9.56. The molecule has 0 aromatic carbocycles. The molecular weight excluding hydrogens is 256 g/mol. The Balaban J connectivity index is 1.63. The number of likely N-dealkylation sites (tertiary alicyclic amines) is 1. The van der Waals surface area contributed by atoms with Crippen molar-refractivity contribution in [1.29, 1.82) is 0 Å². The predicted octanol–water partition coefficient (Wildman–Crippen LogP) is 4.06. The molecule has 4 atom stereocenters. The highest BCUT2D eigenvalue weighted by molar-refractivity contribution is 4.95. The van der Waals surface area contributed by atoms with E-state index in [4.69, 9.17) is 0 Å². The summed E-state index contributed by atoms with van der Waals surface area (Å²) < 4.78 is 0. The summed E-state index contributed by atoms with van der Waals surface area (Å²) in [5, 5.41) is 3.79. The Morgan fingerprint density at radius 1 is 1.10 bits per heavy atom. The van der Waals surface area contributed by atoms with Gasteiger partial charge >= 0.3 is 0 Å². The molecule has 0 amide bonds. The van der Waals surface area contributed by atoms with E-state index in [-0.39, 0.29) is 0 Å². The van der Waals surface area contributed by atoms with Gasteiger partial charge in [-0.3, -0.25) is 4.90 Å². The average molecular weight is 293 g/mol. The Morgan fingerprint density at radius 2 is 1.90 bits per heavy atom. The fourth-order valence-electron chi connectivity index (χ4n) is 5.49. The molecule has 2 nitrogen and oxygen atoms in total. The molecule has 0 bridgehead atoms. The maximum Gasteiger partial charge on any atom is 0.0124 e. The summed E-state index contributed by atoms with van der Waals surface area (Å²) in [5.41, 5.74) is 0.558. The van der Waals surface area contributed by atoms with Gasteiger partial charge in [-0.1, -0.05) is 33.6 Å². The van der Waals surface area contributed by atoms with Crippen molar-refractivity contribution >= 4 is 0 Å². The van der Waals surface area contributed by atoms with E-state index in [9.17, 15) is 0 Å². The lowest BCUT2D eigenvalue weighted by molar-refractivity contribution is 0.0837. The lowest BCUT2D eigenvalue weighted by Gasteiger charge is -2.44. The Hall–Kier alpha value is -0.0800. The lowest BCUT2D eigenvalue weighted by Crippen LogP contribution is -2.49. The van der Waals surface area contributed by atoms with Gasteiger partial charge in [0.25, 0.3) is 0 Å². The van der Waals surface area contributed by atoms with E-state index in [0.717, 1.165) is 30.5 Å². The highest BCUT2D eigenvalue weighted by Crippen LogP contribution is 2.42. The summed E-state index contributed by atoms with van der Waals surface area (Å²) in [6.45, 7) is 11.1. The largest absolute Gasteiger partial charge is 0.314 e. The summed E-state index contributed by atoms with van der Waals surface area (Å²) in [4.78, 5) is 2.89. The number of hydrogen-bond acceptors (Lipinski definition) is 2. The van der Waals surface area contributed by atoms with Crippen molar-refractivity contribution in [1.82, 2.24) is 10.2 Å². The van der Waals surface area contributed by atoms with Crippen molar-refractivity contribution in [3.05, 3.63) is 0 Å². The number of nitrogens with one attached hydrogen (secondary N) is 1. The first kappa shape index (κ1) is 15.8. The van der Waals surface area contributed by atoms with E-state index in [1.807, 2.05) is 0 Å². The summed E-state index contributed by atoms with van der Waals surface area (Å²) in [5.74, 6) is 1.90. The average Bonchev–Trinajstić information content (AvgIpc) is 2.85. The smallest absolute Gasteiger partial charge is 0.0124 e. The molecule has 0 spiro atoms. The van der Waals surface area contributed by atoms with Crippen molar-refractivity contribution in [2.45, 2.75) is 84.2 Å². The molecule has 1 aliphatic heterocycles. The van der Waals surface area contributed by atoms with Gasteiger partial charge in [-0.2, -0.15) is 0 Å². The van der Waals surface area contributed by atoms with E-state index in [2.05, 4.69) is 31.0 Å². The Kier molecular flexibility index (Phi) is 4.95. The van der Waals surface area contributed by atoms with E-state index >= 15 is 0 Å². The van der Waals surface area contributed by atoms with Crippen LogP contribution < -0.4 is 5.32 Å². The molecule has 2 aliphatic carbocycles. The monoisotopic (exact) mass is 292 g/mol. The molecule has 3 aliphatic rings. The second-order valence-electron chi connectivity index (χ2n) is 8.73. The minimum Gasteiger partial charge on any atom is -0.314 e. The van der Waals surface area contributed by atoms with Crippen molar-refractivity contribution in [3.8, 4) is 0 Å². The minimum atomic E-state index is 0.558. The van der Waals surface area contributed by atoms with Crippen molar-refractivity contribution in [2.75, 3.05) is 19.6 Å². The van der Waals surface area contributed by atoms with Crippen LogP contribution in [0.4, 0.5) is 0 Å². The molecule has 4 unspecified atom stereocenters. The van der Waals surface area contributed by atoms with Crippen LogP contribution in [0.1, 0.15) is 72.1 Å². The first-order valence-electron chi connectivity index (χ1n) is 9.56. The molecule has 3 rings (SSSR count).